The van der Waals surface area contributed by atoms with Crippen molar-refractivity contribution in [2.45, 2.75) is 6.61 Å². The second-order valence-electron chi connectivity index (χ2n) is 8.06. The van der Waals surface area contributed by atoms with Crippen molar-refractivity contribution < 1.29 is 23.4 Å². The van der Waals surface area contributed by atoms with Crippen molar-refractivity contribution in [3.8, 4) is 17.2 Å². The number of amidine groups is 2. The summed E-state index contributed by atoms with van der Waals surface area (Å²) in [4.78, 5) is 16.9. The van der Waals surface area contributed by atoms with Crippen LogP contribution in [0, 0.1) is 11.2 Å². The molecule has 2 heterocycles. The van der Waals surface area contributed by atoms with E-state index in [9.17, 15) is 9.18 Å². The van der Waals surface area contributed by atoms with E-state index in [1.54, 1.807) is 24.3 Å². The van der Waals surface area contributed by atoms with Crippen LogP contribution in [0.5, 0.6) is 17.2 Å². The molecule has 0 spiro atoms. The van der Waals surface area contributed by atoms with Crippen molar-refractivity contribution in [3.05, 3.63) is 94.3 Å². The van der Waals surface area contributed by atoms with Gasteiger partial charge in [-0.1, -0.05) is 41.9 Å². The number of aliphatic imine (C=N–C) groups is 1. The molecular formula is C27H20ClFN4O4S. The van der Waals surface area contributed by atoms with Crippen LogP contribution in [0.25, 0.3) is 6.08 Å². The minimum Gasteiger partial charge on any atom is -0.493 e. The van der Waals surface area contributed by atoms with Crippen LogP contribution in [0.4, 0.5) is 4.39 Å². The molecule has 3 aromatic rings. The molecule has 0 aromatic heterocycles. The Morgan fingerprint density at radius 3 is 2.58 bits per heavy atom. The van der Waals surface area contributed by atoms with Crippen LogP contribution in [0.3, 0.4) is 0 Å². The number of fused-ring (bicyclic) bond motifs is 1. The molecule has 38 heavy (non-hydrogen) atoms. The Kier molecular flexibility index (Phi) is 7.43. The topological polar surface area (TPSA) is 96.6 Å². The molecule has 0 bridgehead atoms. The molecule has 0 radical (unpaired) electrons. The molecule has 0 unspecified atom stereocenters. The number of amides is 1. The van der Waals surface area contributed by atoms with E-state index in [-0.39, 0.29) is 35.5 Å². The summed E-state index contributed by atoms with van der Waals surface area (Å²) in [6.45, 7) is 0.329. The fraction of sp³-hybridized carbons (Fsp3) is 0.111. The summed E-state index contributed by atoms with van der Waals surface area (Å²) < 4.78 is 30.2. The first-order chi connectivity index (χ1) is 18.4. The van der Waals surface area contributed by atoms with Crippen molar-refractivity contribution in [2.75, 3.05) is 13.7 Å². The Balaban J connectivity index is 1.33. The molecule has 3 aromatic carbocycles. The highest BCUT2D eigenvalue weighted by Gasteiger charge is 2.35. The molecule has 0 saturated carbocycles. The molecule has 192 valence electrons. The zero-order chi connectivity index (χ0) is 26.6. The summed E-state index contributed by atoms with van der Waals surface area (Å²) in [5, 5.41) is 15.4. The highest BCUT2D eigenvalue weighted by Crippen LogP contribution is 2.38. The lowest BCUT2D eigenvalue weighted by atomic mass is 10.1. The lowest BCUT2D eigenvalue weighted by molar-refractivity contribution is -0.114. The minimum atomic E-state index is -0.569. The van der Waals surface area contributed by atoms with Crippen LogP contribution in [-0.2, 0) is 11.4 Å². The maximum absolute atomic E-state index is 13.2. The van der Waals surface area contributed by atoms with Crippen LogP contribution in [0.15, 0.2) is 82.4 Å². The standard InChI is InChI=1S/C27H20ClFN4O4S/c1-35-22-13-17(12-21(28)24(22)37-14-16-7-9-18(29)10-8-16)11-20-25(30)33-27(31-26(20)34)38-23(32-33)15-36-19-5-3-2-4-6-19/h2-13,30H,14-15H2,1H3/b20-11-,30-25?. The maximum Gasteiger partial charge on any atom is 0.283 e. The number of hydrazone groups is 1. The van der Waals surface area contributed by atoms with Crippen molar-refractivity contribution in [2.24, 2.45) is 10.1 Å². The summed E-state index contributed by atoms with van der Waals surface area (Å²) in [5.74, 6) is 0.297. The van der Waals surface area contributed by atoms with Gasteiger partial charge in [0.25, 0.3) is 5.91 Å². The first kappa shape index (κ1) is 25.5. The molecule has 2 aliphatic rings. The minimum absolute atomic E-state index is 0.0430. The number of hydrogen-bond acceptors (Lipinski definition) is 7. The maximum atomic E-state index is 13.2. The molecule has 1 N–H and O–H groups in total. The van der Waals surface area contributed by atoms with Crippen LogP contribution in [0.1, 0.15) is 11.1 Å². The Labute approximate surface area is 226 Å². The number of halogens is 2. The predicted octanol–water partition coefficient (Wildman–Crippen LogP) is 5.76. The molecule has 0 atom stereocenters. The summed E-state index contributed by atoms with van der Waals surface area (Å²) in [7, 11) is 1.47. The van der Waals surface area contributed by atoms with E-state index in [4.69, 9.17) is 31.2 Å². The number of thioether (sulfide) groups is 1. The SMILES string of the molecule is COc1cc(/C=C2/C(=N)N3N=C(COc4ccccc4)SC3=NC2=O)cc(Cl)c1OCc1ccc(F)cc1. The van der Waals surface area contributed by atoms with Gasteiger partial charge in [-0.15, -0.1) is 0 Å². The molecule has 11 heteroatoms. The van der Waals surface area contributed by atoms with Gasteiger partial charge in [-0.25, -0.2) is 4.39 Å². The van der Waals surface area contributed by atoms with E-state index in [1.165, 1.54) is 42.1 Å². The van der Waals surface area contributed by atoms with Gasteiger partial charge in [0.05, 0.1) is 17.7 Å². The molecule has 0 aliphatic carbocycles. The summed E-state index contributed by atoms with van der Waals surface area (Å²) in [6, 6.07) is 18.4. The van der Waals surface area contributed by atoms with Gasteiger partial charge in [-0.3, -0.25) is 10.2 Å². The van der Waals surface area contributed by atoms with Crippen LogP contribution < -0.4 is 14.2 Å². The number of rotatable bonds is 8. The van der Waals surface area contributed by atoms with Crippen LogP contribution in [0.2, 0.25) is 5.02 Å². The zero-order valence-electron chi connectivity index (χ0n) is 20.0. The third kappa shape index (κ3) is 5.56. The molecule has 0 fully saturated rings. The number of methoxy groups -OCH3 is 1. The van der Waals surface area contributed by atoms with Gasteiger partial charge in [0.2, 0.25) is 5.17 Å². The number of nitrogens with one attached hydrogen (secondary N) is 1. The van der Waals surface area contributed by atoms with Crippen molar-refractivity contribution in [3.63, 3.8) is 0 Å². The van der Waals surface area contributed by atoms with E-state index >= 15 is 0 Å². The third-order valence-corrected chi connectivity index (χ3v) is 6.62. The number of hydrogen-bond donors (Lipinski definition) is 1. The average molecular weight is 551 g/mol. The van der Waals surface area contributed by atoms with E-state index in [2.05, 4.69) is 10.1 Å². The number of carbonyl (C=O) groups excluding carboxylic acids is 1. The lowest BCUT2D eigenvalue weighted by Gasteiger charge is -2.20. The summed E-state index contributed by atoms with van der Waals surface area (Å²) in [6.07, 6.45) is 1.50. The van der Waals surface area contributed by atoms with Crippen LogP contribution >= 0.6 is 23.4 Å². The quantitative estimate of drug-likeness (QED) is 0.358. The lowest BCUT2D eigenvalue weighted by Crippen LogP contribution is -2.35. The first-order valence-electron chi connectivity index (χ1n) is 11.3. The molecule has 5 rings (SSSR count). The third-order valence-electron chi connectivity index (χ3n) is 5.46. The second-order valence-corrected chi connectivity index (χ2v) is 9.51. The Hall–Kier alpha value is -4.15. The van der Waals surface area contributed by atoms with Crippen molar-refractivity contribution in [1.82, 2.24) is 5.01 Å². The van der Waals surface area contributed by atoms with E-state index < -0.39 is 5.91 Å². The fourth-order valence-electron chi connectivity index (χ4n) is 3.62. The number of carbonyl (C=O) groups is 1. The van der Waals surface area contributed by atoms with E-state index in [0.717, 1.165) is 5.56 Å². The van der Waals surface area contributed by atoms with Gasteiger partial charge in [0.1, 0.15) is 29.8 Å². The molecule has 1 amide bonds. The summed E-state index contributed by atoms with van der Waals surface area (Å²) >= 11 is 7.66. The largest absolute Gasteiger partial charge is 0.493 e. The Morgan fingerprint density at radius 2 is 1.84 bits per heavy atom. The van der Waals surface area contributed by atoms with Gasteiger partial charge in [0, 0.05) is 0 Å². The van der Waals surface area contributed by atoms with Gasteiger partial charge < -0.3 is 14.2 Å². The average Bonchev–Trinajstić information content (AvgIpc) is 3.33. The normalized spacial score (nSPS) is 15.8. The smallest absolute Gasteiger partial charge is 0.283 e. The zero-order valence-corrected chi connectivity index (χ0v) is 21.6. The number of nitrogens with zero attached hydrogens (tertiary/aromatic N) is 3. The summed E-state index contributed by atoms with van der Waals surface area (Å²) in [5.41, 5.74) is 1.31. The predicted molar refractivity (Wildman–Crippen MR) is 146 cm³/mol. The van der Waals surface area contributed by atoms with Crippen molar-refractivity contribution in [1.29, 1.82) is 5.41 Å². The highest BCUT2D eigenvalue weighted by atomic mass is 35.5. The molecular weight excluding hydrogens is 531 g/mol. The molecule has 0 saturated heterocycles. The van der Waals surface area contributed by atoms with Gasteiger partial charge in [-0.2, -0.15) is 15.1 Å². The monoisotopic (exact) mass is 550 g/mol. The molecule has 8 nitrogen and oxygen atoms in total. The van der Waals surface area contributed by atoms with E-state index in [0.29, 0.717) is 33.0 Å². The number of para-hydroxylation sites is 1. The second kappa shape index (κ2) is 11.1. The van der Waals surface area contributed by atoms with Gasteiger partial charge in [-0.05, 0) is 65.4 Å². The van der Waals surface area contributed by atoms with Crippen molar-refractivity contribution >= 4 is 51.4 Å². The van der Waals surface area contributed by atoms with Gasteiger partial charge in [0.15, 0.2) is 17.3 Å². The number of ether oxygens (including phenoxy) is 3. The highest BCUT2D eigenvalue weighted by molar-refractivity contribution is 8.27. The number of benzene rings is 3. The Morgan fingerprint density at radius 1 is 1.08 bits per heavy atom. The van der Waals surface area contributed by atoms with Gasteiger partial charge >= 0.3 is 0 Å². The Bertz CT molecular complexity index is 1490. The van der Waals surface area contributed by atoms with E-state index in [1.807, 2.05) is 30.3 Å². The molecule has 2 aliphatic heterocycles. The fourth-order valence-corrected chi connectivity index (χ4v) is 4.69. The first-order valence-corrected chi connectivity index (χ1v) is 12.5. The van der Waals surface area contributed by atoms with Crippen LogP contribution in [-0.4, -0.2) is 40.7 Å².